The molecule has 18 heavy (non-hydrogen) atoms. The number of thiophene rings is 1. The van der Waals surface area contributed by atoms with Gasteiger partial charge in [-0.05, 0) is 63.7 Å². The molecule has 0 aliphatic heterocycles. The van der Waals surface area contributed by atoms with E-state index in [4.69, 9.17) is 10.5 Å². The molecule has 96 valence electrons. The van der Waals surface area contributed by atoms with Crippen molar-refractivity contribution in [1.82, 2.24) is 0 Å². The maximum absolute atomic E-state index is 13.5. The SMILES string of the molecule is COc1ccc(CC(N)c2csc(I)c2)cc1F. The lowest BCUT2D eigenvalue weighted by Crippen LogP contribution is -2.12. The lowest BCUT2D eigenvalue weighted by atomic mass is 10.0. The molecule has 1 unspecified atom stereocenters. The molecular weight excluding hydrogens is 364 g/mol. The minimum absolute atomic E-state index is 0.0995. The highest BCUT2D eigenvalue weighted by Gasteiger charge is 2.11. The van der Waals surface area contributed by atoms with E-state index in [1.54, 1.807) is 17.4 Å². The minimum Gasteiger partial charge on any atom is -0.494 e. The minimum atomic E-state index is -0.345. The van der Waals surface area contributed by atoms with E-state index in [-0.39, 0.29) is 17.6 Å². The van der Waals surface area contributed by atoms with Crippen molar-refractivity contribution in [3.05, 3.63) is 49.5 Å². The van der Waals surface area contributed by atoms with Gasteiger partial charge in [0.1, 0.15) is 0 Å². The molecule has 1 aromatic heterocycles. The summed E-state index contributed by atoms with van der Waals surface area (Å²) < 4.78 is 19.6. The molecule has 1 atom stereocenters. The van der Waals surface area contributed by atoms with Crippen molar-refractivity contribution < 1.29 is 9.13 Å². The molecule has 0 saturated carbocycles. The van der Waals surface area contributed by atoms with Crippen LogP contribution < -0.4 is 10.5 Å². The third-order valence-corrected chi connectivity index (χ3v) is 4.49. The molecule has 0 fully saturated rings. The van der Waals surface area contributed by atoms with Crippen molar-refractivity contribution in [1.29, 1.82) is 0 Å². The predicted molar refractivity (Wildman–Crippen MR) is 80.6 cm³/mol. The quantitative estimate of drug-likeness (QED) is 0.824. The maximum Gasteiger partial charge on any atom is 0.165 e. The first kappa shape index (κ1) is 13.8. The maximum atomic E-state index is 13.5. The number of methoxy groups -OCH3 is 1. The molecule has 2 N–H and O–H groups in total. The van der Waals surface area contributed by atoms with Crippen molar-refractivity contribution in [2.75, 3.05) is 7.11 Å². The first-order valence-corrected chi connectivity index (χ1v) is 7.38. The Morgan fingerprint density at radius 2 is 2.22 bits per heavy atom. The van der Waals surface area contributed by atoms with E-state index in [1.165, 1.54) is 16.1 Å². The van der Waals surface area contributed by atoms with Crippen LogP contribution in [0.3, 0.4) is 0 Å². The van der Waals surface area contributed by atoms with Crippen molar-refractivity contribution in [3.63, 3.8) is 0 Å². The van der Waals surface area contributed by atoms with Crippen LogP contribution in [0.4, 0.5) is 4.39 Å². The zero-order valence-electron chi connectivity index (χ0n) is 9.82. The smallest absolute Gasteiger partial charge is 0.165 e. The second-order valence-electron chi connectivity index (χ2n) is 3.96. The first-order chi connectivity index (χ1) is 8.60. The van der Waals surface area contributed by atoms with E-state index in [0.29, 0.717) is 6.42 Å². The van der Waals surface area contributed by atoms with Gasteiger partial charge in [0, 0.05) is 6.04 Å². The summed E-state index contributed by atoms with van der Waals surface area (Å²) in [4.78, 5) is 0. The summed E-state index contributed by atoms with van der Waals surface area (Å²) in [6, 6.07) is 6.93. The van der Waals surface area contributed by atoms with Gasteiger partial charge in [0.2, 0.25) is 0 Å². The zero-order valence-corrected chi connectivity index (χ0v) is 12.8. The summed E-state index contributed by atoms with van der Waals surface area (Å²) in [7, 11) is 1.46. The molecule has 1 heterocycles. The van der Waals surface area contributed by atoms with Gasteiger partial charge in [-0.2, -0.15) is 0 Å². The van der Waals surface area contributed by atoms with Crippen molar-refractivity contribution in [2.24, 2.45) is 5.73 Å². The van der Waals surface area contributed by atoms with Gasteiger partial charge in [0.05, 0.1) is 9.99 Å². The molecule has 2 aromatic rings. The van der Waals surface area contributed by atoms with Crippen LogP contribution in [-0.4, -0.2) is 7.11 Å². The van der Waals surface area contributed by atoms with Gasteiger partial charge >= 0.3 is 0 Å². The van der Waals surface area contributed by atoms with E-state index in [0.717, 1.165) is 11.1 Å². The zero-order chi connectivity index (χ0) is 13.1. The lowest BCUT2D eigenvalue weighted by Gasteiger charge is -2.11. The van der Waals surface area contributed by atoms with E-state index in [1.807, 2.05) is 11.4 Å². The molecule has 5 heteroatoms. The summed E-state index contributed by atoms with van der Waals surface area (Å²) in [5.41, 5.74) is 8.09. The Bertz CT molecular complexity index is 544. The summed E-state index contributed by atoms with van der Waals surface area (Å²) in [5, 5.41) is 2.05. The van der Waals surface area contributed by atoms with Gasteiger partial charge in [-0.15, -0.1) is 11.3 Å². The van der Waals surface area contributed by atoms with Gasteiger partial charge in [-0.3, -0.25) is 0 Å². The molecule has 0 spiro atoms. The topological polar surface area (TPSA) is 35.2 Å². The van der Waals surface area contributed by atoms with Gasteiger partial charge in [0.25, 0.3) is 0 Å². The summed E-state index contributed by atoms with van der Waals surface area (Å²) >= 11 is 3.93. The highest BCUT2D eigenvalue weighted by molar-refractivity contribution is 14.1. The van der Waals surface area contributed by atoms with Crippen LogP contribution >= 0.6 is 33.9 Å². The van der Waals surface area contributed by atoms with Crippen LogP contribution in [0.15, 0.2) is 29.6 Å². The highest BCUT2D eigenvalue weighted by Crippen LogP contribution is 2.25. The van der Waals surface area contributed by atoms with Crippen LogP contribution in [0.1, 0.15) is 17.2 Å². The van der Waals surface area contributed by atoms with Gasteiger partial charge < -0.3 is 10.5 Å². The molecular formula is C13H13FINOS. The summed E-state index contributed by atoms with van der Waals surface area (Å²) in [6.07, 6.45) is 0.619. The monoisotopic (exact) mass is 377 g/mol. The van der Waals surface area contributed by atoms with Crippen LogP contribution in [0.5, 0.6) is 5.75 Å². The van der Waals surface area contributed by atoms with Crippen LogP contribution in [-0.2, 0) is 6.42 Å². The molecule has 2 nitrogen and oxygen atoms in total. The Morgan fingerprint density at radius 1 is 1.44 bits per heavy atom. The standard InChI is InChI=1S/C13H13FINOS/c1-17-12-3-2-8(4-10(12)14)5-11(16)9-6-13(15)18-7-9/h2-4,6-7,11H,5,16H2,1H3. The average molecular weight is 377 g/mol. The van der Waals surface area contributed by atoms with Gasteiger partial charge in [0.15, 0.2) is 11.6 Å². The largest absolute Gasteiger partial charge is 0.494 e. The number of nitrogens with two attached hydrogens (primary N) is 1. The van der Waals surface area contributed by atoms with Gasteiger partial charge in [-0.1, -0.05) is 6.07 Å². The molecule has 0 saturated heterocycles. The molecule has 0 aliphatic rings. The van der Waals surface area contributed by atoms with E-state index >= 15 is 0 Å². The van der Waals surface area contributed by atoms with Gasteiger partial charge in [-0.25, -0.2) is 4.39 Å². The molecule has 0 bridgehead atoms. The second kappa shape index (κ2) is 5.99. The van der Waals surface area contributed by atoms with Crippen LogP contribution in [0.2, 0.25) is 0 Å². The lowest BCUT2D eigenvalue weighted by molar-refractivity contribution is 0.386. The average Bonchev–Trinajstić information content (AvgIpc) is 2.76. The number of hydrogen-bond acceptors (Lipinski definition) is 3. The summed E-state index contributed by atoms with van der Waals surface area (Å²) in [5.74, 6) is -0.0838. The Hall–Kier alpha value is -0.660. The molecule has 0 radical (unpaired) electrons. The Kier molecular flexibility index (Phi) is 4.58. The molecule has 1 aromatic carbocycles. The Labute approximate surface area is 123 Å². The normalized spacial score (nSPS) is 12.4. The Balaban J connectivity index is 2.12. The predicted octanol–water partition coefficient (Wildman–Crippen LogP) is 3.74. The number of halogens is 2. The number of hydrogen-bond donors (Lipinski definition) is 1. The first-order valence-electron chi connectivity index (χ1n) is 5.42. The summed E-state index contributed by atoms with van der Waals surface area (Å²) in [6.45, 7) is 0. The molecule has 0 aliphatic carbocycles. The fraction of sp³-hybridized carbons (Fsp3) is 0.231. The third kappa shape index (κ3) is 3.21. The second-order valence-corrected chi connectivity index (χ2v) is 6.77. The van der Waals surface area contributed by atoms with Crippen LogP contribution in [0, 0.1) is 8.70 Å². The van der Waals surface area contributed by atoms with E-state index in [2.05, 4.69) is 28.7 Å². The Morgan fingerprint density at radius 3 is 2.78 bits per heavy atom. The van der Waals surface area contributed by atoms with Crippen molar-refractivity contribution >= 4 is 33.9 Å². The number of rotatable bonds is 4. The fourth-order valence-corrected chi connectivity index (χ4v) is 3.16. The molecule has 2 rings (SSSR count). The third-order valence-electron chi connectivity index (χ3n) is 2.69. The van der Waals surface area contributed by atoms with E-state index < -0.39 is 0 Å². The van der Waals surface area contributed by atoms with Crippen molar-refractivity contribution in [2.45, 2.75) is 12.5 Å². The fourth-order valence-electron chi connectivity index (χ4n) is 1.73. The van der Waals surface area contributed by atoms with Crippen LogP contribution in [0.25, 0.3) is 0 Å². The van der Waals surface area contributed by atoms with Crippen molar-refractivity contribution in [3.8, 4) is 5.75 Å². The molecule has 0 amide bonds. The number of ether oxygens (including phenoxy) is 1. The van der Waals surface area contributed by atoms with E-state index in [9.17, 15) is 4.39 Å². The number of benzene rings is 1. The highest BCUT2D eigenvalue weighted by atomic mass is 127.